The van der Waals surface area contributed by atoms with E-state index in [4.69, 9.17) is 9.15 Å². The van der Waals surface area contributed by atoms with E-state index in [-0.39, 0.29) is 11.6 Å². The van der Waals surface area contributed by atoms with Crippen LogP contribution in [0, 0.1) is 0 Å². The van der Waals surface area contributed by atoms with Crippen molar-refractivity contribution in [1.29, 1.82) is 0 Å². The number of nitrogens with zero attached hydrogens (tertiary/aromatic N) is 3. The number of benzene rings is 1. The highest BCUT2D eigenvalue weighted by Crippen LogP contribution is 2.38. The van der Waals surface area contributed by atoms with Crippen molar-refractivity contribution in [1.82, 2.24) is 15.0 Å². The van der Waals surface area contributed by atoms with E-state index in [9.17, 15) is 4.79 Å². The van der Waals surface area contributed by atoms with Crippen molar-refractivity contribution in [3.05, 3.63) is 30.5 Å². The Morgan fingerprint density at radius 3 is 2.73 bits per heavy atom. The minimum atomic E-state index is -0.356. The van der Waals surface area contributed by atoms with E-state index in [1.807, 2.05) is 12.1 Å². The molecule has 0 aliphatic carbocycles. The zero-order valence-electron chi connectivity index (χ0n) is 11.2. The number of hydrogen-bond acceptors (Lipinski definition) is 8. The Morgan fingerprint density at radius 1 is 1.23 bits per heavy atom. The number of rotatable bonds is 3. The van der Waals surface area contributed by atoms with Crippen LogP contribution in [-0.4, -0.2) is 28.0 Å². The summed E-state index contributed by atoms with van der Waals surface area (Å²) in [5.74, 6) is -0.356. The SMILES string of the molecule is COc1nc2ccc3nc(NC(=O)c4cocn4)sc3c2s1. The molecule has 110 valence electrons. The molecular weight excluding hydrogens is 324 g/mol. The van der Waals surface area contributed by atoms with E-state index in [0.29, 0.717) is 10.3 Å². The molecule has 0 unspecified atom stereocenters. The standard InChI is InChI=1S/C13H8N4O3S2/c1-19-13-16-7-3-2-6-9(10(7)22-13)21-12(15-6)17-11(18)8-4-20-5-14-8/h2-5H,1H3,(H,15,17,18). The van der Waals surface area contributed by atoms with Crippen LogP contribution < -0.4 is 10.1 Å². The van der Waals surface area contributed by atoms with E-state index in [0.717, 1.165) is 20.4 Å². The monoisotopic (exact) mass is 332 g/mol. The molecule has 0 bridgehead atoms. The first-order valence-electron chi connectivity index (χ1n) is 6.18. The summed E-state index contributed by atoms with van der Waals surface area (Å²) >= 11 is 2.84. The number of carbonyl (C=O) groups is 1. The van der Waals surface area contributed by atoms with Crippen molar-refractivity contribution in [2.75, 3.05) is 12.4 Å². The number of carbonyl (C=O) groups excluding carboxylic acids is 1. The van der Waals surface area contributed by atoms with E-state index in [1.54, 1.807) is 7.11 Å². The number of hydrogen-bond donors (Lipinski definition) is 1. The highest BCUT2D eigenvalue weighted by molar-refractivity contribution is 7.29. The van der Waals surface area contributed by atoms with Crippen LogP contribution in [0.5, 0.6) is 5.19 Å². The first-order chi connectivity index (χ1) is 10.7. The fourth-order valence-corrected chi connectivity index (χ4v) is 3.94. The first kappa shape index (κ1) is 13.2. The van der Waals surface area contributed by atoms with Gasteiger partial charge in [0.05, 0.1) is 27.5 Å². The molecule has 7 nitrogen and oxygen atoms in total. The Balaban J connectivity index is 1.75. The molecule has 22 heavy (non-hydrogen) atoms. The third-order valence-electron chi connectivity index (χ3n) is 2.95. The molecule has 0 fully saturated rings. The second-order valence-corrected chi connectivity index (χ2v) is 6.25. The summed E-state index contributed by atoms with van der Waals surface area (Å²) in [5, 5.41) is 3.82. The number of ether oxygens (including phenoxy) is 1. The Bertz CT molecular complexity index is 974. The molecular formula is C13H8N4O3S2. The number of methoxy groups -OCH3 is 1. The number of oxazole rings is 1. The zero-order valence-corrected chi connectivity index (χ0v) is 12.8. The van der Waals surface area contributed by atoms with Gasteiger partial charge in [0.25, 0.3) is 11.1 Å². The minimum absolute atomic E-state index is 0.212. The molecule has 4 aromatic rings. The van der Waals surface area contributed by atoms with Crippen LogP contribution in [0.3, 0.4) is 0 Å². The van der Waals surface area contributed by atoms with Gasteiger partial charge in [-0.15, -0.1) is 0 Å². The zero-order chi connectivity index (χ0) is 15.1. The lowest BCUT2D eigenvalue weighted by molar-refractivity contribution is 0.102. The van der Waals surface area contributed by atoms with Crippen LogP contribution in [0.1, 0.15) is 10.5 Å². The van der Waals surface area contributed by atoms with Crippen molar-refractivity contribution in [3.63, 3.8) is 0 Å². The van der Waals surface area contributed by atoms with Gasteiger partial charge in [-0.3, -0.25) is 10.1 Å². The van der Waals surface area contributed by atoms with Crippen molar-refractivity contribution in [2.45, 2.75) is 0 Å². The molecule has 0 radical (unpaired) electrons. The summed E-state index contributed by atoms with van der Waals surface area (Å²) in [5.41, 5.74) is 1.87. The van der Waals surface area contributed by atoms with Gasteiger partial charge in [0.2, 0.25) is 0 Å². The summed E-state index contributed by atoms with van der Waals surface area (Å²) in [6, 6.07) is 3.76. The lowest BCUT2D eigenvalue weighted by Crippen LogP contribution is -2.11. The van der Waals surface area contributed by atoms with Crippen molar-refractivity contribution in [3.8, 4) is 5.19 Å². The molecule has 0 aliphatic rings. The summed E-state index contributed by atoms with van der Waals surface area (Å²) in [6.45, 7) is 0. The fraction of sp³-hybridized carbons (Fsp3) is 0.0769. The quantitative estimate of drug-likeness (QED) is 0.620. The predicted molar refractivity (Wildman–Crippen MR) is 83.8 cm³/mol. The van der Waals surface area contributed by atoms with Gasteiger partial charge >= 0.3 is 0 Å². The average molecular weight is 332 g/mol. The topological polar surface area (TPSA) is 90.1 Å². The number of nitrogens with one attached hydrogen (secondary N) is 1. The van der Waals surface area contributed by atoms with Crippen molar-refractivity contribution < 1.29 is 13.9 Å². The first-order valence-corrected chi connectivity index (χ1v) is 7.81. The van der Waals surface area contributed by atoms with E-state index < -0.39 is 0 Å². The lowest BCUT2D eigenvalue weighted by atomic mass is 10.3. The van der Waals surface area contributed by atoms with Crippen LogP contribution in [0.25, 0.3) is 20.4 Å². The van der Waals surface area contributed by atoms with Gasteiger partial charge in [0.1, 0.15) is 6.26 Å². The third-order valence-corrected chi connectivity index (χ3v) is 5.14. The molecule has 1 N–H and O–H groups in total. The van der Waals surface area contributed by atoms with Gasteiger partial charge < -0.3 is 9.15 Å². The summed E-state index contributed by atoms with van der Waals surface area (Å²) < 4.78 is 11.9. The Morgan fingerprint density at radius 2 is 2.00 bits per heavy atom. The maximum Gasteiger partial charge on any atom is 0.279 e. The van der Waals surface area contributed by atoms with Crippen molar-refractivity contribution >= 4 is 54.1 Å². The van der Waals surface area contributed by atoms with E-state index >= 15 is 0 Å². The molecule has 0 saturated heterocycles. The van der Waals surface area contributed by atoms with Gasteiger partial charge in [0.15, 0.2) is 17.2 Å². The number of aromatic nitrogens is 3. The minimum Gasteiger partial charge on any atom is -0.473 e. The molecule has 0 spiro atoms. The average Bonchev–Trinajstić information content (AvgIpc) is 3.24. The highest BCUT2D eigenvalue weighted by Gasteiger charge is 2.15. The fourth-order valence-electron chi connectivity index (χ4n) is 1.98. The summed E-state index contributed by atoms with van der Waals surface area (Å²) in [4.78, 5) is 24.5. The number of thiazole rings is 2. The predicted octanol–water partition coefficient (Wildman–Crippen LogP) is 3.15. The van der Waals surface area contributed by atoms with Crippen LogP contribution in [0.2, 0.25) is 0 Å². The van der Waals surface area contributed by atoms with Gasteiger partial charge in [0, 0.05) is 0 Å². The molecule has 3 heterocycles. The van der Waals surface area contributed by atoms with Crippen molar-refractivity contribution in [2.24, 2.45) is 0 Å². The maximum absolute atomic E-state index is 12.0. The van der Waals surface area contributed by atoms with E-state index in [1.165, 1.54) is 35.3 Å². The van der Waals surface area contributed by atoms with Gasteiger partial charge in [-0.1, -0.05) is 22.7 Å². The lowest BCUT2D eigenvalue weighted by Gasteiger charge is -1.95. The summed E-state index contributed by atoms with van der Waals surface area (Å²) in [6.07, 6.45) is 2.50. The van der Waals surface area contributed by atoms with Crippen LogP contribution in [0.4, 0.5) is 5.13 Å². The van der Waals surface area contributed by atoms with E-state index in [2.05, 4.69) is 20.3 Å². The third kappa shape index (κ3) is 2.11. The second-order valence-electron chi connectivity index (χ2n) is 4.29. The molecule has 1 aromatic carbocycles. The Labute approximate surface area is 131 Å². The van der Waals surface area contributed by atoms with Gasteiger partial charge in [-0.25, -0.2) is 15.0 Å². The number of anilines is 1. The molecule has 1 amide bonds. The van der Waals surface area contributed by atoms with Gasteiger partial charge in [-0.05, 0) is 12.1 Å². The largest absolute Gasteiger partial charge is 0.473 e. The number of fused-ring (bicyclic) bond motifs is 3. The molecule has 0 aliphatic heterocycles. The van der Waals surface area contributed by atoms with Crippen LogP contribution >= 0.6 is 22.7 Å². The maximum atomic E-state index is 12.0. The second kappa shape index (κ2) is 5.04. The Kier molecular flexibility index (Phi) is 3.01. The highest BCUT2D eigenvalue weighted by atomic mass is 32.1. The summed E-state index contributed by atoms with van der Waals surface area (Å²) in [7, 11) is 1.59. The molecule has 0 atom stereocenters. The normalized spacial score (nSPS) is 11.1. The van der Waals surface area contributed by atoms with Crippen LogP contribution in [0.15, 0.2) is 29.2 Å². The van der Waals surface area contributed by atoms with Gasteiger partial charge in [-0.2, -0.15) is 0 Å². The van der Waals surface area contributed by atoms with Crippen LogP contribution in [-0.2, 0) is 0 Å². The molecule has 9 heteroatoms. The molecule has 3 aromatic heterocycles. The smallest absolute Gasteiger partial charge is 0.279 e. The number of amides is 1. The molecule has 0 saturated carbocycles. The Hall–Kier alpha value is -2.52. The molecule has 4 rings (SSSR count).